The maximum Gasteiger partial charge on any atom is 0.246 e. The van der Waals surface area contributed by atoms with E-state index in [9.17, 15) is 8.42 Å². The zero-order chi connectivity index (χ0) is 21.0. The number of aryl methyl sites for hydroxylation is 1. The van der Waals surface area contributed by atoms with E-state index >= 15 is 0 Å². The van der Waals surface area contributed by atoms with Crippen LogP contribution in [0.15, 0.2) is 47.4 Å². The van der Waals surface area contributed by atoms with Crippen LogP contribution in [0.5, 0.6) is 5.75 Å². The molecular weight excluding hydrogens is 382 g/mol. The second kappa shape index (κ2) is 9.31. The number of rotatable bonds is 7. The molecule has 158 valence electrons. The van der Waals surface area contributed by atoms with Crippen molar-refractivity contribution in [3.63, 3.8) is 0 Å². The summed E-state index contributed by atoms with van der Waals surface area (Å²) in [6.45, 7) is 9.66. The van der Waals surface area contributed by atoms with E-state index < -0.39 is 10.0 Å². The highest BCUT2D eigenvalue weighted by Crippen LogP contribution is 2.35. The van der Waals surface area contributed by atoms with E-state index in [4.69, 9.17) is 4.74 Å². The lowest BCUT2D eigenvalue weighted by atomic mass is 9.91. The van der Waals surface area contributed by atoms with E-state index in [-0.39, 0.29) is 5.92 Å². The van der Waals surface area contributed by atoms with Crippen LogP contribution in [0.25, 0.3) is 0 Å². The summed E-state index contributed by atoms with van der Waals surface area (Å²) in [4.78, 5) is 0.315. The molecule has 0 amide bonds. The Morgan fingerprint density at radius 3 is 2.34 bits per heavy atom. The first-order valence-corrected chi connectivity index (χ1v) is 12.1. The van der Waals surface area contributed by atoms with E-state index in [1.807, 2.05) is 32.0 Å². The molecule has 0 atom stereocenters. The summed E-state index contributed by atoms with van der Waals surface area (Å²) in [5.74, 6) is 1.26. The molecule has 0 bridgehead atoms. The molecule has 0 aliphatic carbocycles. The minimum absolute atomic E-state index is 0.260. The maximum atomic E-state index is 13.5. The summed E-state index contributed by atoms with van der Waals surface area (Å²) in [5.41, 5.74) is 3.46. The second-order valence-electron chi connectivity index (χ2n) is 8.28. The van der Waals surface area contributed by atoms with Crippen molar-refractivity contribution < 1.29 is 13.2 Å². The third-order valence-corrected chi connectivity index (χ3v) is 7.73. The van der Waals surface area contributed by atoms with E-state index in [1.54, 1.807) is 4.31 Å². The number of sulfonamides is 1. The summed E-state index contributed by atoms with van der Waals surface area (Å²) in [7, 11) is -3.58. The lowest BCUT2D eigenvalue weighted by Crippen LogP contribution is -2.39. The summed E-state index contributed by atoms with van der Waals surface area (Å²) in [6, 6.07) is 14.2. The van der Waals surface area contributed by atoms with Gasteiger partial charge in [-0.05, 0) is 73.8 Å². The molecule has 4 nitrogen and oxygen atoms in total. The molecule has 5 heteroatoms. The van der Waals surface area contributed by atoms with Gasteiger partial charge in [0.2, 0.25) is 10.0 Å². The summed E-state index contributed by atoms with van der Waals surface area (Å²) >= 11 is 0. The molecular formula is C24H33NO3S. The Morgan fingerprint density at radius 1 is 1.10 bits per heavy atom. The van der Waals surface area contributed by atoms with E-state index in [2.05, 4.69) is 38.1 Å². The average molecular weight is 416 g/mol. The van der Waals surface area contributed by atoms with Crippen molar-refractivity contribution in [1.82, 2.24) is 4.31 Å². The predicted octanol–water partition coefficient (Wildman–Crippen LogP) is 5.16. The van der Waals surface area contributed by atoms with Gasteiger partial charge < -0.3 is 4.74 Å². The van der Waals surface area contributed by atoms with Gasteiger partial charge >= 0.3 is 0 Å². The molecule has 2 aromatic carbocycles. The van der Waals surface area contributed by atoms with Gasteiger partial charge in [-0.2, -0.15) is 4.31 Å². The molecule has 0 radical (unpaired) electrons. The lowest BCUT2D eigenvalue weighted by molar-refractivity contribution is 0.271. The van der Waals surface area contributed by atoms with Crippen molar-refractivity contribution in [1.29, 1.82) is 0 Å². The highest BCUT2D eigenvalue weighted by atomic mass is 32.2. The molecule has 0 saturated carbocycles. The predicted molar refractivity (Wildman–Crippen MR) is 118 cm³/mol. The second-order valence-corrected chi connectivity index (χ2v) is 10.2. The molecule has 0 aromatic heterocycles. The Balaban J connectivity index is 1.79. The molecule has 2 aromatic rings. The monoisotopic (exact) mass is 415 g/mol. The standard InChI is InChI=1S/C24H33NO3S/c1-5-28-23-15-19(4)22(18(2)3)17-24(23)29(26,27)25-13-11-21(12-14-25)16-20-9-7-6-8-10-20/h6-10,15,17-18,21H,5,11-14,16H2,1-4H3. The molecule has 1 aliphatic heterocycles. The van der Waals surface area contributed by atoms with E-state index in [0.29, 0.717) is 36.3 Å². The average Bonchev–Trinajstić information content (AvgIpc) is 2.69. The molecule has 1 aliphatic rings. The highest BCUT2D eigenvalue weighted by molar-refractivity contribution is 7.89. The van der Waals surface area contributed by atoms with Crippen molar-refractivity contribution in [3.05, 3.63) is 59.2 Å². The number of hydrogen-bond donors (Lipinski definition) is 0. The van der Waals surface area contributed by atoms with Gasteiger partial charge in [-0.25, -0.2) is 8.42 Å². The third-order valence-electron chi connectivity index (χ3n) is 5.81. The fourth-order valence-corrected chi connectivity index (χ4v) is 5.83. The van der Waals surface area contributed by atoms with Gasteiger partial charge in [-0.3, -0.25) is 0 Å². The van der Waals surface area contributed by atoms with Crippen LogP contribution in [0.4, 0.5) is 0 Å². The van der Waals surface area contributed by atoms with Crippen molar-refractivity contribution in [3.8, 4) is 5.75 Å². The number of ether oxygens (including phenoxy) is 1. The van der Waals surface area contributed by atoms with Crippen molar-refractivity contribution in [2.75, 3.05) is 19.7 Å². The van der Waals surface area contributed by atoms with Crippen LogP contribution in [0.2, 0.25) is 0 Å². The van der Waals surface area contributed by atoms with Crippen LogP contribution < -0.4 is 4.74 Å². The normalized spacial score (nSPS) is 16.3. The first-order valence-electron chi connectivity index (χ1n) is 10.6. The zero-order valence-electron chi connectivity index (χ0n) is 18.0. The quantitative estimate of drug-likeness (QED) is 0.627. The summed E-state index contributed by atoms with van der Waals surface area (Å²) in [5, 5.41) is 0. The molecule has 1 fully saturated rings. The number of piperidine rings is 1. The molecule has 1 heterocycles. The molecule has 3 rings (SSSR count). The van der Waals surface area contributed by atoms with Gasteiger partial charge in [0.1, 0.15) is 10.6 Å². The first-order chi connectivity index (χ1) is 13.8. The third kappa shape index (κ3) is 5.01. The van der Waals surface area contributed by atoms with Crippen LogP contribution >= 0.6 is 0 Å². The highest BCUT2D eigenvalue weighted by Gasteiger charge is 2.32. The molecule has 0 unspecified atom stereocenters. The van der Waals surface area contributed by atoms with Crippen molar-refractivity contribution >= 4 is 10.0 Å². The van der Waals surface area contributed by atoms with Crippen LogP contribution in [0.3, 0.4) is 0 Å². The molecule has 0 spiro atoms. The van der Waals surface area contributed by atoms with Crippen LogP contribution in [0.1, 0.15) is 56.2 Å². The fourth-order valence-electron chi connectivity index (χ4n) is 4.21. The Hall–Kier alpha value is -1.85. The van der Waals surface area contributed by atoms with Gasteiger partial charge in [-0.15, -0.1) is 0 Å². The van der Waals surface area contributed by atoms with Gasteiger partial charge in [0.25, 0.3) is 0 Å². The van der Waals surface area contributed by atoms with E-state index in [1.165, 1.54) is 5.56 Å². The minimum Gasteiger partial charge on any atom is -0.492 e. The van der Waals surface area contributed by atoms with Crippen LogP contribution in [0, 0.1) is 12.8 Å². The summed E-state index contributed by atoms with van der Waals surface area (Å²) in [6.07, 6.45) is 2.79. The van der Waals surface area contributed by atoms with Crippen LogP contribution in [-0.4, -0.2) is 32.4 Å². The maximum absolute atomic E-state index is 13.5. The lowest BCUT2D eigenvalue weighted by Gasteiger charge is -2.32. The number of hydrogen-bond acceptors (Lipinski definition) is 3. The minimum atomic E-state index is -3.58. The van der Waals surface area contributed by atoms with Gasteiger partial charge in [-0.1, -0.05) is 44.2 Å². The largest absolute Gasteiger partial charge is 0.492 e. The molecule has 29 heavy (non-hydrogen) atoms. The van der Waals surface area contributed by atoms with Gasteiger partial charge in [0, 0.05) is 13.1 Å². The zero-order valence-corrected chi connectivity index (χ0v) is 18.8. The number of benzene rings is 2. The molecule has 0 N–H and O–H groups in total. The Kier molecular flexibility index (Phi) is 7.01. The van der Waals surface area contributed by atoms with Gasteiger partial charge in [0.15, 0.2) is 0 Å². The smallest absolute Gasteiger partial charge is 0.246 e. The topological polar surface area (TPSA) is 46.6 Å². The SMILES string of the molecule is CCOc1cc(C)c(C(C)C)cc1S(=O)(=O)N1CCC(Cc2ccccc2)CC1. The number of nitrogens with zero attached hydrogens (tertiary/aromatic N) is 1. The van der Waals surface area contributed by atoms with Crippen molar-refractivity contribution in [2.24, 2.45) is 5.92 Å². The fraction of sp³-hybridized carbons (Fsp3) is 0.500. The van der Waals surface area contributed by atoms with Gasteiger partial charge in [0.05, 0.1) is 6.61 Å². The Bertz CT molecular complexity index is 915. The Labute approximate surface area is 175 Å². The first kappa shape index (κ1) is 21.8. The van der Waals surface area contributed by atoms with E-state index in [0.717, 1.165) is 30.4 Å². The van der Waals surface area contributed by atoms with Crippen molar-refractivity contribution in [2.45, 2.75) is 57.8 Å². The van der Waals surface area contributed by atoms with Crippen LogP contribution in [-0.2, 0) is 16.4 Å². The summed E-state index contributed by atoms with van der Waals surface area (Å²) < 4.78 is 34.3. The Morgan fingerprint density at radius 2 is 1.76 bits per heavy atom. The molecule has 1 saturated heterocycles.